The molecule has 4 nitrogen and oxygen atoms in total. The van der Waals surface area contributed by atoms with Gasteiger partial charge in [-0.25, -0.2) is 4.98 Å². The first-order valence-corrected chi connectivity index (χ1v) is 4.53. The summed E-state index contributed by atoms with van der Waals surface area (Å²) in [5.41, 5.74) is 4.82. The van der Waals surface area contributed by atoms with Gasteiger partial charge in [-0.2, -0.15) is 5.26 Å². The number of nitriles is 1. The number of hydrogen-bond acceptors (Lipinski definition) is 4. The van der Waals surface area contributed by atoms with Gasteiger partial charge in [-0.1, -0.05) is 0 Å². The van der Waals surface area contributed by atoms with E-state index in [0.29, 0.717) is 0 Å². The lowest BCUT2D eigenvalue weighted by atomic mass is 10.2. The predicted octanol–water partition coefficient (Wildman–Crippen LogP) is 2.04. The minimum Gasteiger partial charge on any atom is -0.402 e. The largest absolute Gasteiger partial charge is 0.573 e. The molecule has 1 aromatic rings. The van der Waals surface area contributed by atoms with Crippen molar-refractivity contribution in [3.05, 3.63) is 15.5 Å². The van der Waals surface area contributed by atoms with E-state index in [1.165, 1.54) is 0 Å². The Morgan fingerprint density at radius 1 is 1.53 bits per heavy atom. The first kappa shape index (κ1) is 11.8. The van der Waals surface area contributed by atoms with Crippen LogP contribution in [0.25, 0.3) is 0 Å². The molecule has 8 heteroatoms. The predicted molar refractivity (Wildman–Crippen MR) is 52.8 cm³/mol. The van der Waals surface area contributed by atoms with Gasteiger partial charge in [-0.05, 0) is 22.6 Å². The van der Waals surface area contributed by atoms with Crippen molar-refractivity contribution in [3.63, 3.8) is 0 Å². The second kappa shape index (κ2) is 4.09. The second-order valence-corrected chi connectivity index (χ2v) is 3.38. The van der Waals surface area contributed by atoms with Crippen molar-refractivity contribution < 1.29 is 17.9 Å². The average Bonchev–Trinajstić information content (AvgIpc) is 2.09. The summed E-state index contributed by atoms with van der Waals surface area (Å²) in [4.78, 5) is 3.55. The van der Waals surface area contributed by atoms with Crippen LogP contribution in [0.3, 0.4) is 0 Å². The van der Waals surface area contributed by atoms with E-state index in [-0.39, 0.29) is 15.0 Å². The number of alkyl halides is 3. The van der Waals surface area contributed by atoms with Crippen LogP contribution in [-0.4, -0.2) is 11.3 Å². The number of nitrogens with two attached hydrogens (primary N) is 1. The Balaban J connectivity index is 3.18. The number of ether oxygens (including phenoxy) is 1. The highest BCUT2D eigenvalue weighted by Crippen LogP contribution is 2.31. The number of rotatable bonds is 1. The van der Waals surface area contributed by atoms with Gasteiger partial charge in [0.15, 0.2) is 5.75 Å². The monoisotopic (exact) mass is 329 g/mol. The van der Waals surface area contributed by atoms with Gasteiger partial charge in [0, 0.05) is 0 Å². The third kappa shape index (κ3) is 2.85. The van der Waals surface area contributed by atoms with Crippen LogP contribution in [0.15, 0.2) is 6.20 Å². The SMILES string of the molecule is N#Cc1c(I)ncc(OC(F)(F)F)c1N. The summed E-state index contributed by atoms with van der Waals surface area (Å²) in [6, 6.07) is 1.65. The van der Waals surface area contributed by atoms with Crippen molar-refractivity contribution in [1.82, 2.24) is 4.98 Å². The fraction of sp³-hybridized carbons (Fsp3) is 0.143. The maximum atomic E-state index is 11.9. The van der Waals surface area contributed by atoms with Crippen LogP contribution in [0.2, 0.25) is 0 Å². The van der Waals surface area contributed by atoms with Gasteiger partial charge < -0.3 is 10.5 Å². The highest BCUT2D eigenvalue weighted by atomic mass is 127. The van der Waals surface area contributed by atoms with Gasteiger partial charge >= 0.3 is 6.36 Å². The first-order chi connectivity index (χ1) is 6.85. The summed E-state index contributed by atoms with van der Waals surface area (Å²) in [6.07, 6.45) is -4.03. The average molecular weight is 329 g/mol. The zero-order valence-corrected chi connectivity index (χ0v) is 9.13. The minimum atomic E-state index is -4.85. The molecule has 1 heterocycles. The summed E-state index contributed by atoms with van der Waals surface area (Å²) >= 11 is 1.69. The standard InChI is InChI=1S/C7H3F3IN3O/c8-7(9,10)15-4-2-14-6(11)3(1-12)5(4)13/h2H,(H2,13,14). The summed E-state index contributed by atoms with van der Waals surface area (Å²) < 4.78 is 39.4. The van der Waals surface area contributed by atoms with Gasteiger partial charge in [0.05, 0.1) is 11.9 Å². The Labute approximate surface area is 96.0 Å². The van der Waals surface area contributed by atoms with E-state index in [9.17, 15) is 13.2 Å². The van der Waals surface area contributed by atoms with E-state index in [1.54, 1.807) is 28.7 Å². The fourth-order valence-electron chi connectivity index (χ4n) is 0.796. The summed E-state index contributed by atoms with van der Waals surface area (Å²) in [6.45, 7) is 0. The van der Waals surface area contributed by atoms with E-state index in [1.807, 2.05) is 0 Å². The van der Waals surface area contributed by atoms with Crippen LogP contribution in [0, 0.1) is 15.0 Å². The van der Waals surface area contributed by atoms with Gasteiger partial charge in [0.2, 0.25) is 0 Å². The number of nitrogen functional groups attached to an aromatic ring is 1. The molecule has 1 aromatic heterocycles. The Bertz CT molecular complexity index is 427. The lowest BCUT2D eigenvalue weighted by molar-refractivity contribution is -0.274. The van der Waals surface area contributed by atoms with Crippen molar-refractivity contribution in [1.29, 1.82) is 5.26 Å². The normalized spacial score (nSPS) is 10.9. The first-order valence-electron chi connectivity index (χ1n) is 3.45. The third-order valence-corrected chi connectivity index (χ3v) is 2.19. The van der Waals surface area contributed by atoms with E-state index in [2.05, 4.69) is 9.72 Å². The van der Waals surface area contributed by atoms with Crippen LogP contribution >= 0.6 is 22.6 Å². The molecule has 0 radical (unpaired) electrons. The lowest BCUT2D eigenvalue weighted by Gasteiger charge is -2.11. The molecule has 0 fully saturated rings. The Morgan fingerprint density at radius 3 is 2.60 bits per heavy atom. The Morgan fingerprint density at radius 2 is 2.13 bits per heavy atom. The van der Waals surface area contributed by atoms with E-state index < -0.39 is 12.1 Å². The fourth-order valence-corrected chi connectivity index (χ4v) is 1.35. The van der Waals surface area contributed by atoms with E-state index in [4.69, 9.17) is 11.0 Å². The quantitative estimate of drug-likeness (QED) is 0.632. The molecule has 0 aromatic carbocycles. The van der Waals surface area contributed by atoms with Gasteiger partial charge in [-0.15, -0.1) is 13.2 Å². The van der Waals surface area contributed by atoms with Crippen LogP contribution in [0.1, 0.15) is 5.56 Å². The van der Waals surface area contributed by atoms with E-state index in [0.717, 1.165) is 6.20 Å². The number of hydrogen-bond donors (Lipinski definition) is 1. The molecule has 0 unspecified atom stereocenters. The molecule has 0 atom stereocenters. The maximum Gasteiger partial charge on any atom is 0.573 e. The van der Waals surface area contributed by atoms with Crippen LogP contribution in [0.4, 0.5) is 18.9 Å². The number of aromatic nitrogens is 1. The molecule has 80 valence electrons. The zero-order chi connectivity index (χ0) is 11.6. The second-order valence-electron chi connectivity index (χ2n) is 2.36. The number of anilines is 1. The van der Waals surface area contributed by atoms with Crippen LogP contribution in [0.5, 0.6) is 5.75 Å². The lowest BCUT2D eigenvalue weighted by Crippen LogP contribution is -2.18. The van der Waals surface area contributed by atoms with Crippen molar-refractivity contribution in [2.24, 2.45) is 0 Å². The van der Waals surface area contributed by atoms with Crippen molar-refractivity contribution in [3.8, 4) is 11.8 Å². The number of pyridine rings is 1. The molecule has 0 saturated carbocycles. The molecule has 0 spiro atoms. The van der Waals surface area contributed by atoms with Crippen molar-refractivity contribution >= 4 is 28.3 Å². The molecule has 0 aliphatic carbocycles. The topological polar surface area (TPSA) is 71.9 Å². The molecular weight excluding hydrogens is 326 g/mol. The van der Waals surface area contributed by atoms with Gasteiger partial charge in [0.1, 0.15) is 15.3 Å². The van der Waals surface area contributed by atoms with E-state index >= 15 is 0 Å². The minimum absolute atomic E-state index is 0.127. The maximum absolute atomic E-state index is 11.9. The Kier molecular flexibility index (Phi) is 3.23. The summed E-state index contributed by atoms with van der Waals surface area (Å²) in [5.74, 6) is -0.667. The van der Waals surface area contributed by atoms with Crippen molar-refractivity contribution in [2.75, 3.05) is 5.73 Å². The molecule has 15 heavy (non-hydrogen) atoms. The molecule has 1 rings (SSSR count). The molecule has 0 aliphatic heterocycles. The third-order valence-electron chi connectivity index (χ3n) is 1.37. The molecule has 2 N–H and O–H groups in total. The molecule has 0 bridgehead atoms. The van der Waals surface area contributed by atoms with Crippen LogP contribution < -0.4 is 10.5 Å². The molecule has 0 aliphatic rings. The molecular formula is C7H3F3IN3O. The van der Waals surface area contributed by atoms with Crippen LogP contribution in [-0.2, 0) is 0 Å². The van der Waals surface area contributed by atoms with Crippen molar-refractivity contribution in [2.45, 2.75) is 6.36 Å². The highest BCUT2D eigenvalue weighted by molar-refractivity contribution is 14.1. The van der Waals surface area contributed by atoms with Gasteiger partial charge in [0.25, 0.3) is 0 Å². The Hall–Kier alpha value is -1.24. The molecule has 0 amide bonds. The van der Waals surface area contributed by atoms with Gasteiger partial charge in [-0.3, -0.25) is 0 Å². The smallest absolute Gasteiger partial charge is 0.402 e. The summed E-state index contributed by atoms with van der Waals surface area (Å²) in [7, 11) is 0. The number of halogens is 4. The molecule has 0 saturated heterocycles. The zero-order valence-electron chi connectivity index (χ0n) is 6.97. The highest BCUT2D eigenvalue weighted by Gasteiger charge is 2.32. The number of nitrogens with zero attached hydrogens (tertiary/aromatic N) is 2. The summed E-state index contributed by atoms with van der Waals surface area (Å²) in [5, 5.41) is 8.61.